The van der Waals surface area contributed by atoms with Gasteiger partial charge in [-0.25, -0.2) is 8.42 Å². The molecule has 0 spiro atoms. The first-order valence-corrected chi connectivity index (χ1v) is 9.32. The molecule has 0 radical (unpaired) electrons. The Balaban J connectivity index is 2.05. The second kappa shape index (κ2) is 7.31. The average molecular weight is 340 g/mol. The van der Waals surface area contributed by atoms with Gasteiger partial charge in [-0.05, 0) is 37.6 Å². The van der Waals surface area contributed by atoms with Gasteiger partial charge in [0.25, 0.3) is 0 Å². The summed E-state index contributed by atoms with van der Waals surface area (Å²) in [6.07, 6.45) is 1.71. The zero-order chi connectivity index (χ0) is 17.0. The lowest BCUT2D eigenvalue weighted by Gasteiger charge is -2.25. The highest BCUT2D eigenvalue weighted by molar-refractivity contribution is 7.91. The SMILES string of the molecule is COc1cccc(S(=O)(=O)CCN2CCC[C@@H]2C(=O)N(C)C)c1. The zero-order valence-electron chi connectivity index (χ0n) is 13.9. The lowest BCUT2D eigenvalue weighted by atomic mass is 10.2. The van der Waals surface area contributed by atoms with Gasteiger partial charge < -0.3 is 9.64 Å². The van der Waals surface area contributed by atoms with E-state index in [9.17, 15) is 13.2 Å². The molecule has 1 aromatic carbocycles. The summed E-state index contributed by atoms with van der Waals surface area (Å²) in [6, 6.07) is 6.28. The van der Waals surface area contributed by atoms with E-state index in [1.54, 1.807) is 37.2 Å². The molecular formula is C16H24N2O4S. The molecule has 1 atom stereocenters. The van der Waals surface area contributed by atoms with Gasteiger partial charge in [0.2, 0.25) is 5.91 Å². The quantitative estimate of drug-likeness (QED) is 0.773. The van der Waals surface area contributed by atoms with Gasteiger partial charge in [-0.2, -0.15) is 0 Å². The van der Waals surface area contributed by atoms with E-state index < -0.39 is 9.84 Å². The van der Waals surface area contributed by atoms with Crippen LogP contribution in [0.3, 0.4) is 0 Å². The summed E-state index contributed by atoms with van der Waals surface area (Å²) >= 11 is 0. The number of amides is 1. The Bertz CT molecular complexity index is 658. The molecule has 0 aromatic heterocycles. The van der Waals surface area contributed by atoms with Crippen LogP contribution in [-0.4, -0.2) is 70.2 Å². The third-order valence-electron chi connectivity index (χ3n) is 4.14. The van der Waals surface area contributed by atoms with E-state index in [0.29, 0.717) is 12.3 Å². The molecule has 1 aliphatic rings. The Morgan fingerprint density at radius 3 is 2.78 bits per heavy atom. The molecule has 1 aromatic rings. The summed E-state index contributed by atoms with van der Waals surface area (Å²) in [6.45, 7) is 1.13. The van der Waals surface area contributed by atoms with Crippen molar-refractivity contribution in [2.75, 3.05) is 40.0 Å². The molecule has 23 heavy (non-hydrogen) atoms. The number of sulfone groups is 1. The normalized spacial score (nSPS) is 18.8. The van der Waals surface area contributed by atoms with E-state index in [-0.39, 0.29) is 22.6 Å². The molecule has 1 saturated heterocycles. The Morgan fingerprint density at radius 1 is 1.39 bits per heavy atom. The molecule has 1 fully saturated rings. The van der Waals surface area contributed by atoms with Gasteiger partial charge in [0.15, 0.2) is 9.84 Å². The Hall–Kier alpha value is -1.60. The molecule has 1 amide bonds. The van der Waals surface area contributed by atoms with Crippen molar-refractivity contribution in [1.29, 1.82) is 0 Å². The second-order valence-electron chi connectivity index (χ2n) is 5.92. The number of likely N-dealkylation sites (tertiary alicyclic amines) is 1. The molecule has 0 aliphatic carbocycles. The first kappa shape index (κ1) is 17.7. The van der Waals surface area contributed by atoms with Crippen molar-refractivity contribution in [3.8, 4) is 5.75 Å². The standard InChI is InChI=1S/C16H24N2O4S/c1-17(2)16(19)15-8-5-9-18(15)10-11-23(20,21)14-7-4-6-13(12-14)22-3/h4,6-7,12,15H,5,8-11H2,1-3H3/t15-/m1/s1. The van der Waals surface area contributed by atoms with Crippen molar-refractivity contribution >= 4 is 15.7 Å². The van der Waals surface area contributed by atoms with E-state index in [1.807, 2.05) is 4.90 Å². The zero-order valence-corrected chi connectivity index (χ0v) is 14.7. The van der Waals surface area contributed by atoms with Crippen molar-refractivity contribution in [2.24, 2.45) is 0 Å². The topological polar surface area (TPSA) is 66.9 Å². The van der Waals surface area contributed by atoms with Gasteiger partial charge >= 0.3 is 0 Å². The van der Waals surface area contributed by atoms with Crippen LogP contribution in [0.25, 0.3) is 0 Å². The van der Waals surface area contributed by atoms with Crippen molar-refractivity contribution in [1.82, 2.24) is 9.80 Å². The molecule has 0 saturated carbocycles. The smallest absolute Gasteiger partial charge is 0.239 e. The van der Waals surface area contributed by atoms with E-state index in [4.69, 9.17) is 4.74 Å². The highest BCUT2D eigenvalue weighted by Crippen LogP contribution is 2.21. The summed E-state index contributed by atoms with van der Waals surface area (Å²) in [5.41, 5.74) is 0. The van der Waals surface area contributed by atoms with Crippen LogP contribution in [-0.2, 0) is 14.6 Å². The number of ether oxygens (including phenoxy) is 1. The van der Waals surface area contributed by atoms with Crippen molar-refractivity contribution < 1.29 is 17.9 Å². The molecule has 6 nitrogen and oxygen atoms in total. The van der Waals surface area contributed by atoms with Gasteiger partial charge in [0, 0.05) is 20.6 Å². The maximum Gasteiger partial charge on any atom is 0.239 e. The minimum Gasteiger partial charge on any atom is -0.497 e. The van der Waals surface area contributed by atoms with Gasteiger partial charge in [0.1, 0.15) is 5.75 Å². The Kier molecular flexibility index (Phi) is 5.64. The number of hydrogen-bond donors (Lipinski definition) is 0. The summed E-state index contributed by atoms with van der Waals surface area (Å²) in [7, 11) is 1.57. The van der Waals surface area contributed by atoms with Crippen LogP contribution in [0.2, 0.25) is 0 Å². The molecule has 1 aliphatic heterocycles. The summed E-state index contributed by atoms with van der Waals surface area (Å²) < 4.78 is 30.1. The Labute approximate surface area is 137 Å². The van der Waals surface area contributed by atoms with Crippen LogP contribution in [0, 0.1) is 0 Å². The molecular weight excluding hydrogens is 316 g/mol. The van der Waals surface area contributed by atoms with Crippen LogP contribution in [0.5, 0.6) is 5.75 Å². The van der Waals surface area contributed by atoms with Crippen LogP contribution in [0.15, 0.2) is 29.2 Å². The third kappa shape index (κ3) is 4.23. The molecule has 0 bridgehead atoms. The van der Waals surface area contributed by atoms with Crippen molar-refractivity contribution in [3.63, 3.8) is 0 Å². The predicted octanol–water partition coefficient (Wildman–Crippen LogP) is 1.02. The molecule has 2 rings (SSSR count). The first-order chi connectivity index (χ1) is 10.8. The molecule has 7 heteroatoms. The number of nitrogens with zero attached hydrogens (tertiary/aromatic N) is 2. The van der Waals surface area contributed by atoms with Crippen LogP contribution >= 0.6 is 0 Å². The van der Waals surface area contributed by atoms with E-state index in [2.05, 4.69) is 0 Å². The van der Waals surface area contributed by atoms with Gasteiger partial charge in [-0.15, -0.1) is 0 Å². The predicted molar refractivity (Wildman–Crippen MR) is 88.3 cm³/mol. The summed E-state index contributed by atoms with van der Waals surface area (Å²) in [5, 5.41) is 0. The number of hydrogen-bond acceptors (Lipinski definition) is 5. The van der Waals surface area contributed by atoms with E-state index >= 15 is 0 Å². The monoisotopic (exact) mass is 340 g/mol. The third-order valence-corrected chi connectivity index (χ3v) is 5.83. The lowest BCUT2D eigenvalue weighted by Crippen LogP contribution is -2.44. The van der Waals surface area contributed by atoms with Crippen LogP contribution in [0.1, 0.15) is 12.8 Å². The summed E-state index contributed by atoms with van der Waals surface area (Å²) in [5.74, 6) is 0.561. The number of methoxy groups -OCH3 is 1. The number of likely N-dealkylation sites (N-methyl/N-ethyl adjacent to an activating group) is 1. The molecule has 128 valence electrons. The number of rotatable bonds is 6. The largest absolute Gasteiger partial charge is 0.497 e. The maximum atomic E-state index is 12.5. The molecule has 0 N–H and O–H groups in total. The van der Waals surface area contributed by atoms with E-state index in [0.717, 1.165) is 19.4 Å². The van der Waals surface area contributed by atoms with Crippen molar-refractivity contribution in [2.45, 2.75) is 23.8 Å². The first-order valence-electron chi connectivity index (χ1n) is 7.67. The van der Waals surface area contributed by atoms with Crippen LogP contribution < -0.4 is 4.74 Å². The lowest BCUT2D eigenvalue weighted by molar-refractivity contribution is -0.133. The highest BCUT2D eigenvalue weighted by Gasteiger charge is 2.32. The minimum absolute atomic E-state index is 0.00260. The maximum absolute atomic E-state index is 12.5. The minimum atomic E-state index is -3.40. The van der Waals surface area contributed by atoms with Gasteiger partial charge in [-0.3, -0.25) is 9.69 Å². The fourth-order valence-corrected chi connectivity index (χ4v) is 4.11. The van der Waals surface area contributed by atoms with Gasteiger partial charge in [-0.1, -0.05) is 6.07 Å². The van der Waals surface area contributed by atoms with Crippen molar-refractivity contribution in [3.05, 3.63) is 24.3 Å². The average Bonchev–Trinajstić information content (AvgIpc) is 3.00. The number of carbonyl (C=O) groups excluding carboxylic acids is 1. The Morgan fingerprint density at radius 2 is 2.13 bits per heavy atom. The second-order valence-corrected chi connectivity index (χ2v) is 8.03. The van der Waals surface area contributed by atoms with Crippen LogP contribution in [0.4, 0.5) is 0 Å². The highest BCUT2D eigenvalue weighted by atomic mass is 32.2. The fraction of sp³-hybridized carbons (Fsp3) is 0.562. The summed E-state index contributed by atoms with van der Waals surface area (Å²) in [4.78, 5) is 15.9. The molecule has 1 heterocycles. The van der Waals surface area contributed by atoms with Gasteiger partial charge in [0.05, 0.1) is 23.8 Å². The van der Waals surface area contributed by atoms with E-state index in [1.165, 1.54) is 13.2 Å². The fourth-order valence-electron chi connectivity index (χ4n) is 2.82. The number of carbonyl (C=O) groups is 1. The number of benzene rings is 1. The molecule has 0 unspecified atom stereocenters.